The van der Waals surface area contributed by atoms with Crippen molar-refractivity contribution in [3.05, 3.63) is 58.0 Å². The molecule has 7 heteroatoms. The number of nitrogens with zero attached hydrogens (tertiary/aromatic N) is 2. The Morgan fingerprint density at radius 1 is 1.25 bits per heavy atom. The maximum absolute atomic E-state index is 12.5. The second-order valence-corrected chi connectivity index (χ2v) is 7.66. The maximum Gasteiger partial charge on any atom is 0.252 e. The van der Waals surface area contributed by atoms with Gasteiger partial charge in [0.2, 0.25) is 5.89 Å². The summed E-state index contributed by atoms with van der Waals surface area (Å²) in [5.41, 5.74) is 1.46. The second kappa shape index (κ2) is 8.24. The van der Waals surface area contributed by atoms with Crippen LogP contribution in [0.3, 0.4) is 0 Å². The van der Waals surface area contributed by atoms with Gasteiger partial charge in [0.05, 0.1) is 6.04 Å². The number of H-pyrrole nitrogens is 1. The first-order valence-electron chi connectivity index (χ1n) is 9.87. The molecule has 0 radical (unpaired) electrons. The topological polar surface area (TPSA) is 93.0 Å². The maximum atomic E-state index is 12.5. The molecule has 0 bridgehead atoms. The van der Waals surface area contributed by atoms with E-state index >= 15 is 0 Å². The summed E-state index contributed by atoms with van der Waals surface area (Å²) in [7, 11) is 0. The van der Waals surface area contributed by atoms with Crippen molar-refractivity contribution >= 4 is 10.9 Å². The molecule has 1 aliphatic heterocycles. The van der Waals surface area contributed by atoms with Gasteiger partial charge in [0.15, 0.2) is 5.82 Å². The van der Waals surface area contributed by atoms with Crippen LogP contribution in [0.15, 0.2) is 39.6 Å². The molecule has 148 valence electrons. The third-order valence-corrected chi connectivity index (χ3v) is 5.32. The number of aromatic nitrogens is 3. The Bertz CT molecular complexity index is 988. The van der Waals surface area contributed by atoms with E-state index in [2.05, 4.69) is 20.4 Å². The highest BCUT2D eigenvalue weighted by Gasteiger charge is 2.30. The number of ether oxygens (including phenoxy) is 1. The standard InChI is InChI=1S/C21H26N4O3/c1-13(2)19-24-21(28-25-19)18(14-7-9-27-10-8-14)22-12-16-11-15-5-3-4-6-17(15)23-20(16)26/h3-6,11,13-14,18,22H,7-10,12H2,1-2H3,(H,23,26). The Kier molecular flexibility index (Phi) is 5.54. The molecule has 4 rings (SSSR count). The SMILES string of the molecule is CC(C)c1noc(C(NCc2cc3ccccc3[nH]c2=O)C2CCOCC2)n1. The molecule has 0 amide bonds. The highest BCUT2D eigenvalue weighted by molar-refractivity contribution is 5.78. The zero-order chi connectivity index (χ0) is 19.5. The minimum atomic E-state index is -0.102. The van der Waals surface area contributed by atoms with E-state index in [1.54, 1.807) is 0 Å². The molecule has 1 atom stereocenters. The van der Waals surface area contributed by atoms with Crippen LogP contribution < -0.4 is 10.9 Å². The molecule has 28 heavy (non-hydrogen) atoms. The van der Waals surface area contributed by atoms with E-state index in [0.29, 0.717) is 29.7 Å². The molecule has 1 aliphatic rings. The third kappa shape index (κ3) is 4.00. The van der Waals surface area contributed by atoms with Gasteiger partial charge >= 0.3 is 0 Å². The molecule has 2 aromatic heterocycles. The van der Waals surface area contributed by atoms with Crippen LogP contribution in [0.25, 0.3) is 10.9 Å². The predicted molar refractivity (Wildman–Crippen MR) is 106 cm³/mol. The minimum absolute atomic E-state index is 0.0784. The molecule has 7 nitrogen and oxygen atoms in total. The lowest BCUT2D eigenvalue weighted by molar-refractivity contribution is 0.0485. The summed E-state index contributed by atoms with van der Waals surface area (Å²) in [6.45, 7) is 5.97. The second-order valence-electron chi connectivity index (χ2n) is 7.66. The van der Waals surface area contributed by atoms with Gasteiger partial charge in [0.1, 0.15) is 0 Å². The van der Waals surface area contributed by atoms with E-state index in [-0.39, 0.29) is 17.5 Å². The molecule has 1 unspecified atom stereocenters. The van der Waals surface area contributed by atoms with Crippen molar-refractivity contribution in [1.29, 1.82) is 0 Å². The Labute approximate surface area is 163 Å². The molecule has 1 fully saturated rings. The number of nitrogens with one attached hydrogen (secondary N) is 2. The van der Waals surface area contributed by atoms with Gasteiger partial charge in [-0.15, -0.1) is 0 Å². The van der Waals surface area contributed by atoms with Crippen LogP contribution in [0.4, 0.5) is 0 Å². The van der Waals surface area contributed by atoms with Crippen LogP contribution in [-0.4, -0.2) is 28.3 Å². The summed E-state index contributed by atoms with van der Waals surface area (Å²) in [6, 6.07) is 9.63. The third-order valence-electron chi connectivity index (χ3n) is 5.32. The first kappa shape index (κ1) is 18.8. The number of rotatable bonds is 6. The van der Waals surface area contributed by atoms with Gasteiger partial charge in [0.25, 0.3) is 5.56 Å². The van der Waals surface area contributed by atoms with Crippen molar-refractivity contribution < 1.29 is 9.26 Å². The van der Waals surface area contributed by atoms with Crippen molar-refractivity contribution in [3.8, 4) is 0 Å². The molecule has 1 saturated heterocycles. The minimum Gasteiger partial charge on any atom is -0.381 e. The van der Waals surface area contributed by atoms with Gasteiger partial charge < -0.3 is 19.6 Å². The molecule has 3 heterocycles. The van der Waals surface area contributed by atoms with Crippen LogP contribution in [0.2, 0.25) is 0 Å². The Morgan fingerprint density at radius 2 is 2.04 bits per heavy atom. The Morgan fingerprint density at radius 3 is 2.79 bits per heavy atom. The van der Waals surface area contributed by atoms with Crippen LogP contribution in [0, 0.1) is 5.92 Å². The molecule has 0 aliphatic carbocycles. The van der Waals surface area contributed by atoms with Gasteiger partial charge in [-0.05, 0) is 36.3 Å². The lowest BCUT2D eigenvalue weighted by Crippen LogP contribution is -2.33. The molecule has 0 spiro atoms. The summed E-state index contributed by atoms with van der Waals surface area (Å²) in [4.78, 5) is 20.0. The fraction of sp³-hybridized carbons (Fsp3) is 0.476. The van der Waals surface area contributed by atoms with Crippen molar-refractivity contribution in [2.75, 3.05) is 13.2 Å². The monoisotopic (exact) mass is 382 g/mol. The first-order valence-corrected chi connectivity index (χ1v) is 9.87. The average Bonchev–Trinajstić information content (AvgIpc) is 3.19. The van der Waals surface area contributed by atoms with Gasteiger partial charge in [0, 0.05) is 36.8 Å². The summed E-state index contributed by atoms with van der Waals surface area (Å²) in [6.07, 6.45) is 1.84. The Hall–Kier alpha value is -2.51. The van der Waals surface area contributed by atoms with Crippen LogP contribution in [0.5, 0.6) is 0 Å². The summed E-state index contributed by atoms with van der Waals surface area (Å²) in [5.74, 6) is 1.83. The lowest BCUT2D eigenvalue weighted by atomic mass is 9.91. The number of fused-ring (bicyclic) bond motifs is 1. The molecular weight excluding hydrogens is 356 g/mol. The molecule has 2 N–H and O–H groups in total. The number of benzene rings is 1. The largest absolute Gasteiger partial charge is 0.381 e. The number of hydrogen-bond donors (Lipinski definition) is 2. The van der Waals surface area contributed by atoms with Gasteiger partial charge in [-0.1, -0.05) is 37.2 Å². The van der Waals surface area contributed by atoms with Crippen molar-refractivity contribution in [1.82, 2.24) is 20.4 Å². The zero-order valence-corrected chi connectivity index (χ0v) is 16.3. The van der Waals surface area contributed by atoms with Crippen LogP contribution >= 0.6 is 0 Å². The van der Waals surface area contributed by atoms with Gasteiger partial charge in [-0.3, -0.25) is 4.79 Å². The first-order chi connectivity index (χ1) is 13.6. The number of aromatic amines is 1. The van der Waals surface area contributed by atoms with E-state index in [4.69, 9.17) is 9.26 Å². The summed E-state index contributed by atoms with van der Waals surface area (Å²) in [5, 5.41) is 8.64. The number of hydrogen-bond acceptors (Lipinski definition) is 6. The van der Waals surface area contributed by atoms with Crippen LogP contribution in [0.1, 0.15) is 55.9 Å². The van der Waals surface area contributed by atoms with E-state index in [9.17, 15) is 4.79 Å². The van der Waals surface area contributed by atoms with E-state index < -0.39 is 0 Å². The number of pyridine rings is 1. The Balaban J connectivity index is 1.58. The fourth-order valence-electron chi connectivity index (χ4n) is 3.66. The summed E-state index contributed by atoms with van der Waals surface area (Å²) >= 11 is 0. The van der Waals surface area contributed by atoms with E-state index in [0.717, 1.165) is 37.0 Å². The molecule has 0 saturated carbocycles. The van der Waals surface area contributed by atoms with Crippen LogP contribution in [-0.2, 0) is 11.3 Å². The fourth-order valence-corrected chi connectivity index (χ4v) is 3.66. The highest BCUT2D eigenvalue weighted by atomic mass is 16.5. The lowest BCUT2D eigenvalue weighted by Gasteiger charge is -2.28. The van der Waals surface area contributed by atoms with Crippen molar-refractivity contribution in [2.45, 2.75) is 45.2 Å². The molecule has 1 aromatic carbocycles. The zero-order valence-electron chi connectivity index (χ0n) is 16.3. The predicted octanol–water partition coefficient (Wildman–Crippen LogP) is 3.29. The normalized spacial score (nSPS) is 16.7. The molecular formula is C21H26N4O3. The van der Waals surface area contributed by atoms with Gasteiger partial charge in [-0.25, -0.2) is 0 Å². The van der Waals surface area contributed by atoms with Crippen molar-refractivity contribution in [2.24, 2.45) is 5.92 Å². The summed E-state index contributed by atoms with van der Waals surface area (Å²) < 4.78 is 11.1. The molecule has 3 aromatic rings. The van der Waals surface area contributed by atoms with Gasteiger partial charge in [-0.2, -0.15) is 4.98 Å². The van der Waals surface area contributed by atoms with E-state index in [1.807, 2.05) is 44.2 Å². The average molecular weight is 382 g/mol. The smallest absolute Gasteiger partial charge is 0.252 e. The van der Waals surface area contributed by atoms with E-state index in [1.165, 1.54) is 0 Å². The quantitative estimate of drug-likeness (QED) is 0.679. The number of para-hydroxylation sites is 1. The highest BCUT2D eigenvalue weighted by Crippen LogP contribution is 2.30. The van der Waals surface area contributed by atoms with Crippen molar-refractivity contribution in [3.63, 3.8) is 0 Å².